The molecule has 2 N–H and O–H groups in total. The van der Waals surface area contributed by atoms with Crippen LogP contribution in [-0.2, 0) is 4.74 Å². The van der Waals surface area contributed by atoms with Crippen molar-refractivity contribution >= 4 is 22.4 Å². The summed E-state index contributed by atoms with van der Waals surface area (Å²) in [6, 6.07) is 11.1. The van der Waals surface area contributed by atoms with E-state index in [9.17, 15) is 0 Å². The number of anilines is 2. The van der Waals surface area contributed by atoms with Gasteiger partial charge in [0.15, 0.2) is 11.5 Å². The minimum atomic E-state index is -0.0996. The van der Waals surface area contributed by atoms with E-state index in [1.54, 1.807) is 13.2 Å². The maximum Gasteiger partial charge on any atom is 0.163 e. The fourth-order valence-corrected chi connectivity index (χ4v) is 2.60. The summed E-state index contributed by atoms with van der Waals surface area (Å²) in [6.07, 6.45) is 8.19. The molecule has 1 heterocycles. The van der Waals surface area contributed by atoms with Gasteiger partial charge in [0.1, 0.15) is 25.4 Å². The predicted molar refractivity (Wildman–Crippen MR) is 123 cm³/mol. The molecule has 0 atom stereocenters. The number of methoxy groups -OCH3 is 1. The van der Waals surface area contributed by atoms with Crippen LogP contribution in [0.5, 0.6) is 11.5 Å². The van der Waals surface area contributed by atoms with Crippen LogP contribution < -0.4 is 14.8 Å². The number of nitrogens with one attached hydrogen (secondary N) is 1. The number of fused-ring (bicyclic) bond motifs is 1. The molecular formula is C24H29N3O4. The van der Waals surface area contributed by atoms with Gasteiger partial charge < -0.3 is 24.6 Å². The van der Waals surface area contributed by atoms with E-state index in [2.05, 4.69) is 35.1 Å². The molecule has 0 unspecified atom stereocenters. The standard InChI is InChI=1S/C21H21N3O4.C3H8/c1-3-15-5-4-6-16(11-15)24-21-17-12-19(28-10-9-26-2)20(27-8-7-25)13-18(17)22-14-23-21;1-3-2/h1,4-6,11-14,25H,7-10H2,2H3,(H,22,23,24);3H2,1-2H3. The summed E-state index contributed by atoms with van der Waals surface area (Å²) in [6.45, 7) is 5.10. The number of terminal acetylenes is 1. The van der Waals surface area contributed by atoms with Crippen LogP contribution in [0.1, 0.15) is 25.8 Å². The Hall–Kier alpha value is -3.34. The highest BCUT2D eigenvalue weighted by Crippen LogP contribution is 2.35. The van der Waals surface area contributed by atoms with Crippen LogP contribution >= 0.6 is 0 Å². The maximum atomic E-state index is 9.06. The van der Waals surface area contributed by atoms with Crippen LogP contribution in [0.15, 0.2) is 42.7 Å². The van der Waals surface area contributed by atoms with E-state index >= 15 is 0 Å². The lowest BCUT2D eigenvalue weighted by atomic mass is 10.2. The maximum absolute atomic E-state index is 9.06. The summed E-state index contributed by atoms with van der Waals surface area (Å²) in [5, 5.41) is 13.1. The average Bonchev–Trinajstić information content (AvgIpc) is 2.79. The van der Waals surface area contributed by atoms with Gasteiger partial charge in [0.2, 0.25) is 0 Å². The first-order valence-electron chi connectivity index (χ1n) is 10.1. The lowest BCUT2D eigenvalue weighted by molar-refractivity contribution is 0.141. The normalized spacial score (nSPS) is 10.0. The molecule has 1 aromatic heterocycles. The zero-order chi connectivity index (χ0) is 22.5. The van der Waals surface area contributed by atoms with E-state index in [-0.39, 0.29) is 13.2 Å². The molecule has 0 saturated heterocycles. The number of benzene rings is 2. The summed E-state index contributed by atoms with van der Waals surface area (Å²) >= 11 is 0. The molecule has 0 saturated carbocycles. The van der Waals surface area contributed by atoms with Crippen molar-refractivity contribution in [1.82, 2.24) is 9.97 Å². The first kappa shape index (κ1) is 23.9. The SMILES string of the molecule is C#Cc1cccc(Nc2ncnc3cc(OCCO)c(OCCOC)cc23)c1.CCC. The number of nitrogens with zero attached hydrogens (tertiary/aromatic N) is 2. The van der Waals surface area contributed by atoms with Gasteiger partial charge in [0.05, 0.1) is 18.7 Å². The van der Waals surface area contributed by atoms with Crippen molar-refractivity contribution in [1.29, 1.82) is 0 Å². The van der Waals surface area contributed by atoms with Crippen LogP contribution in [0.3, 0.4) is 0 Å². The first-order chi connectivity index (χ1) is 15.2. The molecule has 0 fully saturated rings. The van der Waals surface area contributed by atoms with E-state index in [4.69, 9.17) is 25.7 Å². The van der Waals surface area contributed by atoms with Crippen molar-refractivity contribution in [3.8, 4) is 23.8 Å². The second-order valence-corrected chi connectivity index (χ2v) is 6.51. The molecule has 0 aliphatic carbocycles. The molecule has 0 spiro atoms. The van der Waals surface area contributed by atoms with Crippen molar-refractivity contribution in [3.05, 3.63) is 48.3 Å². The molecule has 3 aromatic rings. The zero-order valence-electron chi connectivity index (χ0n) is 18.2. The topological polar surface area (TPSA) is 85.7 Å². The Morgan fingerprint density at radius 2 is 1.77 bits per heavy atom. The highest BCUT2D eigenvalue weighted by atomic mass is 16.5. The predicted octanol–water partition coefficient (Wildman–Crippen LogP) is 4.17. The number of hydrogen-bond acceptors (Lipinski definition) is 7. The van der Waals surface area contributed by atoms with Crippen molar-refractivity contribution in [2.24, 2.45) is 0 Å². The van der Waals surface area contributed by atoms with Crippen LogP contribution in [0, 0.1) is 12.3 Å². The van der Waals surface area contributed by atoms with Gasteiger partial charge >= 0.3 is 0 Å². The number of ether oxygens (including phenoxy) is 3. The Balaban J connectivity index is 0.00000107. The highest BCUT2D eigenvalue weighted by Gasteiger charge is 2.13. The molecule has 0 aliphatic rings. The summed E-state index contributed by atoms with van der Waals surface area (Å²) in [4.78, 5) is 8.67. The van der Waals surface area contributed by atoms with Crippen molar-refractivity contribution in [3.63, 3.8) is 0 Å². The number of aliphatic hydroxyl groups is 1. The fourth-order valence-electron chi connectivity index (χ4n) is 2.60. The van der Waals surface area contributed by atoms with Gasteiger partial charge in [-0.15, -0.1) is 6.42 Å². The number of hydrogen-bond donors (Lipinski definition) is 2. The molecular weight excluding hydrogens is 394 g/mol. The van der Waals surface area contributed by atoms with E-state index < -0.39 is 0 Å². The van der Waals surface area contributed by atoms with Crippen LogP contribution in [-0.4, -0.2) is 48.6 Å². The Morgan fingerprint density at radius 1 is 1.03 bits per heavy atom. The van der Waals surface area contributed by atoms with Gasteiger partial charge in [-0.05, 0) is 24.3 Å². The summed E-state index contributed by atoms with van der Waals surface area (Å²) in [5.41, 5.74) is 2.27. The third-order valence-electron chi connectivity index (χ3n) is 3.89. The second-order valence-electron chi connectivity index (χ2n) is 6.51. The quantitative estimate of drug-likeness (QED) is 0.395. The average molecular weight is 424 g/mol. The Labute approximate surface area is 183 Å². The van der Waals surface area contributed by atoms with Crippen LogP contribution in [0.2, 0.25) is 0 Å². The summed E-state index contributed by atoms with van der Waals surface area (Å²) < 4.78 is 16.4. The van der Waals surface area contributed by atoms with Gasteiger partial charge in [-0.25, -0.2) is 9.97 Å². The van der Waals surface area contributed by atoms with Gasteiger partial charge in [0, 0.05) is 29.8 Å². The molecule has 164 valence electrons. The Morgan fingerprint density at radius 3 is 2.48 bits per heavy atom. The van der Waals surface area contributed by atoms with E-state index in [0.29, 0.717) is 36.0 Å². The number of aromatic nitrogens is 2. The molecule has 3 rings (SSSR count). The smallest absolute Gasteiger partial charge is 0.163 e. The molecule has 0 aliphatic heterocycles. The molecule has 31 heavy (non-hydrogen) atoms. The van der Waals surface area contributed by atoms with Crippen LogP contribution in [0.4, 0.5) is 11.5 Å². The molecule has 7 heteroatoms. The van der Waals surface area contributed by atoms with E-state index in [0.717, 1.165) is 16.6 Å². The lowest BCUT2D eigenvalue weighted by Gasteiger charge is -2.15. The lowest BCUT2D eigenvalue weighted by Crippen LogP contribution is -2.08. The van der Waals surface area contributed by atoms with Crippen molar-refractivity contribution < 1.29 is 19.3 Å². The summed E-state index contributed by atoms with van der Waals surface area (Å²) in [5.74, 6) is 4.25. The molecule has 0 amide bonds. The van der Waals surface area contributed by atoms with E-state index in [1.165, 1.54) is 12.7 Å². The minimum absolute atomic E-state index is 0.0996. The third kappa shape index (κ3) is 7.14. The van der Waals surface area contributed by atoms with Gasteiger partial charge in [-0.1, -0.05) is 32.3 Å². The van der Waals surface area contributed by atoms with E-state index in [1.807, 2.05) is 30.3 Å². The Kier molecular flexibility index (Phi) is 10.1. The second kappa shape index (κ2) is 13.1. The monoisotopic (exact) mass is 423 g/mol. The molecule has 0 radical (unpaired) electrons. The first-order valence-corrected chi connectivity index (χ1v) is 10.1. The molecule has 2 aromatic carbocycles. The minimum Gasteiger partial charge on any atom is -0.487 e. The Bertz CT molecular complexity index is 1000. The molecule has 0 bridgehead atoms. The van der Waals surface area contributed by atoms with Crippen molar-refractivity contribution in [2.75, 3.05) is 38.9 Å². The largest absolute Gasteiger partial charge is 0.487 e. The zero-order valence-corrected chi connectivity index (χ0v) is 18.2. The summed E-state index contributed by atoms with van der Waals surface area (Å²) in [7, 11) is 1.60. The van der Waals surface area contributed by atoms with Gasteiger partial charge in [-0.2, -0.15) is 0 Å². The number of rotatable bonds is 9. The van der Waals surface area contributed by atoms with Crippen molar-refractivity contribution in [2.45, 2.75) is 20.3 Å². The fraction of sp³-hybridized carbons (Fsp3) is 0.333. The molecule has 7 nitrogen and oxygen atoms in total. The highest BCUT2D eigenvalue weighted by molar-refractivity contribution is 5.93. The van der Waals surface area contributed by atoms with Crippen LogP contribution in [0.25, 0.3) is 10.9 Å². The van der Waals surface area contributed by atoms with Gasteiger partial charge in [-0.3, -0.25) is 0 Å². The van der Waals surface area contributed by atoms with Gasteiger partial charge in [0.25, 0.3) is 0 Å². The third-order valence-corrected chi connectivity index (χ3v) is 3.89. The number of aliphatic hydroxyl groups excluding tert-OH is 1.